The largest absolute Gasteiger partial charge is 0.480 e. The van der Waals surface area contributed by atoms with E-state index in [9.17, 15) is 24.6 Å². The highest BCUT2D eigenvalue weighted by Gasteiger charge is 2.41. The van der Waals surface area contributed by atoms with Crippen LogP contribution in [0, 0.1) is 5.92 Å². The van der Waals surface area contributed by atoms with E-state index in [1.165, 1.54) is 0 Å². The number of hydrogen-bond acceptors (Lipinski definition) is 5. The molecule has 0 radical (unpaired) electrons. The number of amides is 2. The van der Waals surface area contributed by atoms with Crippen LogP contribution in [0.1, 0.15) is 50.2 Å². The van der Waals surface area contributed by atoms with Crippen molar-refractivity contribution in [3.63, 3.8) is 0 Å². The molecule has 4 rings (SSSR count). The zero-order valence-corrected chi connectivity index (χ0v) is 20.0. The van der Waals surface area contributed by atoms with Gasteiger partial charge in [-0.3, -0.25) is 4.79 Å². The molecule has 2 aromatic carbocycles. The second-order valence-electron chi connectivity index (χ2n) is 9.73. The van der Waals surface area contributed by atoms with E-state index in [1.807, 2.05) is 50.2 Å². The van der Waals surface area contributed by atoms with Gasteiger partial charge in [0.15, 0.2) is 0 Å². The predicted molar refractivity (Wildman–Crippen MR) is 130 cm³/mol. The maximum absolute atomic E-state index is 13.2. The molecule has 2 amide bonds. The molecule has 8 nitrogen and oxygen atoms in total. The summed E-state index contributed by atoms with van der Waals surface area (Å²) < 4.78 is 5.60. The average Bonchev–Trinajstić information content (AvgIpc) is 3.38. The quantitative estimate of drug-likeness (QED) is 0.534. The Labute approximate surface area is 204 Å². The molecule has 186 valence electrons. The first-order valence-corrected chi connectivity index (χ1v) is 12.1. The number of ether oxygens (including phenoxy) is 1. The van der Waals surface area contributed by atoms with Crippen molar-refractivity contribution in [1.29, 1.82) is 0 Å². The lowest BCUT2D eigenvalue weighted by Crippen LogP contribution is -2.52. The van der Waals surface area contributed by atoms with Crippen LogP contribution in [-0.4, -0.2) is 64.4 Å². The summed E-state index contributed by atoms with van der Waals surface area (Å²) in [5.74, 6) is -1.50. The molecule has 3 N–H and O–H groups in total. The summed E-state index contributed by atoms with van der Waals surface area (Å²) in [6.07, 6.45) is -0.641. The molecule has 1 aliphatic carbocycles. The van der Waals surface area contributed by atoms with Crippen LogP contribution in [-0.2, 0) is 14.3 Å². The number of benzene rings is 2. The van der Waals surface area contributed by atoms with Crippen LogP contribution in [0.3, 0.4) is 0 Å². The maximum atomic E-state index is 13.2. The molecule has 2 aliphatic rings. The summed E-state index contributed by atoms with van der Waals surface area (Å²) in [5.41, 5.74) is 4.41. The molecule has 1 aliphatic heterocycles. The van der Waals surface area contributed by atoms with Gasteiger partial charge in [-0.15, -0.1) is 0 Å². The number of aliphatic carboxylic acids is 1. The molecule has 0 saturated carbocycles. The fourth-order valence-corrected chi connectivity index (χ4v) is 5.03. The Morgan fingerprint density at radius 1 is 1.03 bits per heavy atom. The Kier molecular flexibility index (Phi) is 7.40. The van der Waals surface area contributed by atoms with Gasteiger partial charge in [-0.05, 0) is 41.0 Å². The number of aliphatic hydroxyl groups is 1. The Morgan fingerprint density at radius 2 is 1.63 bits per heavy atom. The van der Waals surface area contributed by atoms with Crippen molar-refractivity contribution < 1.29 is 29.3 Å². The topological polar surface area (TPSA) is 116 Å². The SMILES string of the molecule is CC(C)CCC(NC(=O)OCC1c2ccccc2-c2ccccc21)C(=O)N1CC(O)C[C@H]1C(=O)O. The number of carboxylic acid groups (broad SMARTS) is 1. The van der Waals surface area contributed by atoms with Crippen molar-refractivity contribution in [1.82, 2.24) is 10.2 Å². The monoisotopic (exact) mass is 480 g/mol. The van der Waals surface area contributed by atoms with Crippen molar-refractivity contribution in [2.45, 2.75) is 57.2 Å². The molecule has 35 heavy (non-hydrogen) atoms. The van der Waals surface area contributed by atoms with E-state index in [0.29, 0.717) is 12.8 Å². The van der Waals surface area contributed by atoms with Gasteiger partial charge in [0, 0.05) is 18.9 Å². The lowest BCUT2D eigenvalue weighted by Gasteiger charge is -2.27. The summed E-state index contributed by atoms with van der Waals surface area (Å²) in [6, 6.07) is 14.0. The third-order valence-electron chi connectivity index (χ3n) is 6.81. The molecule has 3 atom stereocenters. The normalized spacial score (nSPS) is 19.8. The Bertz CT molecular complexity index is 1060. The fourth-order valence-electron chi connectivity index (χ4n) is 5.03. The van der Waals surface area contributed by atoms with Gasteiger partial charge < -0.3 is 25.2 Å². The van der Waals surface area contributed by atoms with Crippen LogP contribution in [0.15, 0.2) is 48.5 Å². The lowest BCUT2D eigenvalue weighted by atomic mass is 9.98. The Morgan fingerprint density at radius 3 is 2.20 bits per heavy atom. The van der Waals surface area contributed by atoms with E-state index in [1.54, 1.807) is 0 Å². The maximum Gasteiger partial charge on any atom is 0.407 e. The van der Waals surface area contributed by atoms with E-state index >= 15 is 0 Å². The second-order valence-corrected chi connectivity index (χ2v) is 9.73. The number of β-amino-alcohol motifs (C(OH)–C–C–N with tert-alkyl or cyclic N) is 1. The van der Waals surface area contributed by atoms with Gasteiger partial charge in [0.2, 0.25) is 5.91 Å². The zero-order chi connectivity index (χ0) is 25.1. The number of hydrogen-bond donors (Lipinski definition) is 3. The summed E-state index contributed by atoms with van der Waals surface area (Å²) >= 11 is 0. The number of nitrogens with zero attached hydrogens (tertiary/aromatic N) is 1. The van der Waals surface area contributed by atoms with E-state index in [2.05, 4.69) is 17.4 Å². The van der Waals surface area contributed by atoms with Crippen molar-refractivity contribution in [2.24, 2.45) is 5.92 Å². The van der Waals surface area contributed by atoms with Crippen molar-refractivity contribution in [3.05, 3.63) is 59.7 Å². The van der Waals surface area contributed by atoms with Gasteiger partial charge in [0.1, 0.15) is 18.7 Å². The number of rotatable bonds is 8. The average molecular weight is 481 g/mol. The fraction of sp³-hybridized carbons (Fsp3) is 0.444. The number of nitrogens with one attached hydrogen (secondary N) is 1. The lowest BCUT2D eigenvalue weighted by molar-refractivity contribution is -0.149. The molecule has 2 aromatic rings. The molecule has 0 bridgehead atoms. The first-order valence-electron chi connectivity index (χ1n) is 12.1. The highest BCUT2D eigenvalue weighted by Crippen LogP contribution is 2.44. The summed E-state index contributed by atoms with van der Waals surface area (Å²) in [4.78, 5) is 38.8. The third kappa shape index (κ3) is 5.32. The van der Waals surface area contributed by atoms with Gasteiger partial charge >= 0.3 is 12.1 Å². The number of carbonyl (C=O) groups excluding carboxylic acids is 2. The first-order chi connectivity index (χ1) is 16.8. The van der Waals surface area contributed by atoms with E-state index in [4.69, 9.17) is 4.74 Å². The van der Waals surface area contributed by atoms with Crippen molar-refractivity contribution >= 4 is 18.0 Å². The van der Waals surface area contributed by atoms with Crippen molar-refractivity contribution in [2.75, 3.05) is 13.2 Å². The van der Waals surface area contributed by atoms with Gasteiger partial charge in [0.25, 0.3) is 0 Å². The second kappa shape index (κ2) is 10.5. The summed E-state index contributed by atoms with van der Waals surface area (Å²) in [5, 5.41) is 22.1. The Balaban J connectivity index is 1.45. The molecule has 8 heteroatoms. The van der Waals surface area contributed by atoms with E-state index in [0.717, 1.165) is 27.2 Å². The van der Waals surface area contributed by atoms with Crippen LogP contribution < -0.4 is 5.32 Å². The van der Waals surface area contributed by atoms with Gasteiger partial charge in [0.05, 0.1) is 6.10 Å². The standard InChI is InChI=1S/C27H32N2O6/c1-16(2)11-12-23(25(31)29-14-17(30)13-24(29)26(32)33)28-27(34)35-15-22-20-9-5-3-7-18(20)19-8-4-6-10-21(19)22/h3-10,16-17,22-24,30H,11-15H2,1-2H3,(H,28,34)(H,32,33)/t17?,23?,24-/m0/s1. The zero-order valence-electron chi connectivity index (χ0n) is 20.0. The van der Waals surface area contributed by atoms with E-state index in [-0.39, 0.29) is 31.4 Å². The number of carbonyl (C=O) groups is 3. The highest BCUT2D eigenvalue weighted by molar-refractivity contribution is 5.90. The molecule has 1 saturated heterocycles. The number of likely N-dealkylation sites (tertiary alicyclic amines) is 1. The van der Waals surface area contributed by atoms with Gasteiger partial charge in [-0.1, -0.05) is 62.4 Å². The van der Waals surface area contributed by atoms with Gasteiger partial charge in [-0.25, -0.2) is 9.59 Å². The highest BCUT2D eigenvalue weighted by atomic mass is 16.5. The molecule has 1 heterocycles. The molecular formula is C27H32N2O6. The van der Waals surface area contributed by atoms with Gasteiger partial charge in [-0.2, -0.15) is 0 Å². The first kappa shape index (κ1) is 24.7. The van der Waals surface area contributed by atoms with E-state index < -0.39 is 36.2 Å². The minimum atomic E-state index is -1.17. The summed E-state index contributed by atoms with van der Waals surface area (Å²) in [7, 11) is 0. The van der Waals surface area contributed by atoms with Crippen LogP contribution >= 0.6 is 0 Å². The number of aliphatic hydroxyl groups excluding tert-OH is 1. The Hall–Kier alpha value is -3.39. The van der Waals surface area contributed by atoms with Crippen molar-refractivity contribution in [3.8, 4) is 11.1 Å². The number of carboxylic acids is 1. The van der Waals surface area contributed by atoms with Crippen LogP contribution in [0.4, 0.5) is 4.79 Å². The molecule has 0 spiro atoms. The summed E-state index contributed by atoms with van der Waals surface area (Å²) in [6.45, 7) is 4.06. The molecule has 0 aromatic heterocycles. The molecular weight excluding hydrogens is 448 g/mol. The minimum absolute atomic E-state index is 0.0249. The smallest absolute Gasteiger partial charge is 0.407 e. The molecule has 1 fully saturated rings. The minimum Gasteiger partial charge on any atom is -0.480 e. The van der Waals surface area contributed by atoms with Crippen LogP contribution in [0.25, 0.3) is 11.1 Å². The third-order valence-corrected chi connectivity index (χ3v) is 6.81. The van der Waals surface area contributed by atoms with Crippen LogP contribution in [0.2, 0.25) is 0 Å². The molecule has 2 unspecified atom stereocenters. The number of alkyl carbamates (subject to hydrolysis) is 1. The van der Waals surface area contributed by atoms with Crippen LogP contribution in [0.5, 0.6) is 0 Å². The predicted octanol–water partition coefficient (Wildman–Crippen LogP) is 3.38. The number of fused-ring (bicyclic) bond motifs is 3.